The number of aromatic nitrogens is 2. The van der Waals surface area contributed by atoms with E-state index < -0.39 is 15.7 Å². The van der Waals surface area contributed by atoms with Gasteiger partial charge in [-0.3, -0.25) is 5.14 Å². The first-order chi connectivity index (χ1) is 10.8. The standard InChI is InChI=1S/C16H22ClN3O2S/c1-5-10(7-16(2,3)23(18)21)12-8-20-15(22-4)13-9-19-14(17)6-11(12)13/h6,8-10H,5,7,18H2,1-4H3/t10-,23?/m1/s1. The van der Waals surface area contributed by atoms with Gasteiger partial charge in [0, 0.05) is 12.4 Å². The van der Waals surface area contributed by atoms with Crippen LogP contribution in [0.3, 0.4) is 0 Å². The summed E-state index contributed by atoms with van der Waals surface area (Å²) in [6.07, 6.45) is 5.05. The number of pyridine rings is 2. The SMILES string of the molecule is CC[C@H](CC(C)(C)S(N)=O)c1cnc(OC)c2cnc(Cl)cc12. The minimum atomic E-state index is -1.40. The first-order valence-electron chi connectivity index (χ1n) is 7.44. The second-order valence-electron chi connectivity index (χ2n) is 6.14. The van der Waals surface area contributed by atoms with Crippen molar-refractivity contribution in [3.63, 3.8) is 0 Å². The van der Waals surface area contributed by atoms with E-state index in [9.17, 15) is 4.21 Å². The van der Waals surface area contributed by atoms with E-state index in [4.69, 9.17) is 21.5 Å². The Hall–Kier alpha value is -1.24. The van der Waals surface area contributed by atoms with E-state index in [2.05, 4.69) is 16.9 Å². The molecule has 0 aromatic carbocycles. The average molecular weight is 356 g/mol. The molecule has 0 saturated heterocycles. The number of nitrogens with zero attached hydrogens (tertiary/aromatic N) is 2. The lowest BCUT2D eigenvalue weighted by Gasteiger charge is -2.27. The van der Waals surface area contributed by atoms with Crippen molar-refractivity contribution in [2.75, 3.05) is 7.11 Å². The van der Waals surface area contributed by atoms with Crippen molar-refractivity contribution in [2.24, 2.45) is 5.14 Å². The van der Waals surface area contributed by atoms with Gasteiger partial charge >= 0.3 is 0 Å². The first kappa shape index (κ1) is 18.1. The smallest absolute Gasteiger partial charge is 0.222 e. The van der Waals surface area contributed by atoms with Gasteiger partial charge < -0.3 is 4.74 Å². The minimum absolute atomic E-state index is 0.164. The molecule has 2 aromatic rings. The van der Waals surface area contributed by atoms with Crippen molar-refractivity contribution in [1.82, 2.24) is 9.97 Å². The zero-order valence-corrected chi connectivity index (χ0v) is 15.4. The lowest BCUT2D eigenvalue weighted by molar-refractivity contribution is 0.402. The maximum Gasteiger partial charge on any atom is 0.222 e. The van der Waals surface area contributed by atoms with Crippen molar-refractivity contribution < 1.29 is 8.95 Å². The molecule has 7 heteroatoms. The fourth-order valence-corrected chi connectivity index (χ4v) is 3.27. The Kier molecular flexibility index (Phi) is 5.60. The number of nitrogens with two attached hydrogens (primary N) is 1. The van der Waals surface area contributed by atoms with Crippen molar-refractivity contribution in [3.8, 4) is 5.88 Å². The lowest BCUT2D eigenvalue weighted by Crippen LogP contribution is -2.33. The van der Waals surface area contributed by atoms with Gasteiger partial charge in [-0.1, -0.05) is 18.5 Å². The molecular weight excluding hydrogens is 334 g/mol. The summed E-state index contributed by atoms with van der Waals surface area (Å²) in [5.74, 6) is 0.682. The maximum absolute atomic E-state index is 11.8. The summed E-state index contributed by atoms with van der Waals surface area (Å²) in [7, 11) is 0.178. The van der Waals surface area contributed by atoms with E-state index in [0.29, 0.717) is 17.5 Å². The van der Waals surface area contributed by atoms with Crippen LogP contribution in [-0.2, 0) is 11.0 Å². The molecule has 126 valence electrons. The molecule has 2 heterocycles. The first-order valence-corrected chi connectivity index (χ1v) is 9.03. The molecule has 0 fully saturated rings. The maximum atomic E-state index is 11.8. The molecule has 2 N–H and O–H groups in total. The minimum Gasteiger partial charge on any atom is -0.481 e. The van der Waals surface area contributed by atoms with Gasteiger partial charge in [0.2, 0.25) is 5.88 Å². The van der Waals surface area contributed by atoms with Crippen LogP contribution in [0.1, 0.15) is 45.1 Å². The second-order valence-corrected chi connectivity index (χ2v) is 8.23. The van der Waals surface area contributed by atoms with E-state index in [1.165, 1.54) is 0 Å². The van der Waals surface area contributed by atoms with Crippen LogP contribution >= 0.6 is 11.6 Å². The quantitative estimate of drug-likeness (QED) is 0.803. The van der Waals surface area contributed by atoms with E-state index in [1.54, 1.807) is 19.5 Å². The molecule has 0 aliphatic rings. The zero-order chi connectivity index (χ0) is 17.2. The third-order valence-electron chi connectivity index (χ3n) is 4.14. The predicted octanol–water partition coefficient (Wildman–Crippen LogP) is 3.58. The summed E-state index contributed by atoms with van der Waals surface area (Å²) in [5, 5.41) is 7.84. The van der Waals surface area contributed by atoms with Crippen LogP contribution in [0.15, 0.2) is 18.5 Å². The topological polar surface area (TPSA) is 78.1 Å². The lowest BCUT2D eigenvalue weighted by atomic mass is 9.86. The number of hydrogen-bond acceptors (Lipinski definition) is 4. The second kappa shape index (κ2) is 7.11. The zero-order valence-electron chi connectivity index (χ0n) is 13.8. The van der Waals surface area contributed by atoms with Gasteiger partial charge in [-0.05, 0) is 49.6 Å². The summed E-state index contributed by atoms with van der Waals surface area (Å²) in [4.78, 5) is 8.51. The number of methoxy groups -OCH3 is 1. The van der Waals surface area contributed by atoms with Crippen LogP contribution in [-0.4, -0.2) is 26.0 Å². The van der Waals surface area contributed by atoms with E-state index in [0.717, 1.165) is 22.8 Å². The highest BCUT2D eigenvalue weighted by Crippen LogP contribution is 2.37. The molecule has 2 rings (SSSR count). The third kappa shape index (κ3) is 3.82. The number of rotatable bonds is 6. The van der Waals surface area contributed by atoms with Crippen LogP contribution in [0.2, 0.25) is 5.15 Å². The Labute approximate surface area is 144 Å². The van der Waals surface area contributed by atoms with E-state index >= 15 is 0 Å². The molecule has 0 radical (unpaired) electrons. The molecule has 0 aliphatic heterocycles. The highest BCUT2D eigenvalue weighted by atomic mass is 35.5. The van der Waals surface area contributed by atoms with E-state index in [1.807, 2.05) is 19.9 Å². The van der Waals surface area contributed by atoms with Crippen LogP contribution in [0.25, 0.3) is 10.8 Å². The number of hydrogen-bond donors (Lipinski definition) is 1. The van der Waals surface area contributed by atoms with Crippen LogP contribution in [0, 0.1) is 0 Å². The number of ether oxygens (including phenoxy) is 1. The summed E-state index contributed by atoms with van der Waals surface area (Å²) >= 11 is 6.08. The molecule has 2 aromatic heterocycles. The Morgan fingerprint density at radius 2 is 2.04 bits per heavy atom. The van der Waals surface area contributed by atoms with Crippen molar-refractivity contribution in [1.29, 1.82) is 0 Å². The highest BCUT2D eigenvalue weighted by Gasteiger charge is 2.29. The average Bonchev–Trinajstić information content (AvgIpc) is 2.51. The van der Waals surface area contributed by atoms with Crippen molar-refractivity contribution in [2.45, 2.75) is 44.3 Å². The van der Waals surface area contributed by atoms with Crippen molar-refractivity contribution >= 4 is 33.4 Å². The summed E-state index contributed by atoms with van der Waals surface area (Å²) in [6.45, 7) is 5.93. The van der Waals surface area contributed by atoms with E-state index in [-0.39, 0.29) is 5.92 Å². The molecule has 0 bridgehead atoms. The molecule has 0 saturated carbocycles. The molecule has 1 unspecified atom stereocenters. The van der Waals surface area contributed by atoms with Crippen LogP contribution < -0.4 is 9.88 Å². The normalized spacial score (nSPS) is 14.7. The van der Waals surface area contributed by atoms with Gasteiger partial charge in [-0.2, -0.15) is 0 Å². The molecule has 0 spiro atoms. The van der Waals surface area contributed by atoms with Gasteiger partial charge in [0.1, 0.15) is 5.15 Å². The van der Waals surface area contributed by atoms with Gasteiger partial charge in [-0.25, -0.2) is 14.2 Å². The fraction of sp³-hybridized carbons (Fsp3) is 0.500. The largest absolute Gasteiger partial charge is 0.481 e. The van der Waals surface area contributed by atoms with Gasteiger partial charge in [0.15, 0.2) is 0 Å². The molecule has 2 atom stereocenters. The molecule has 0 amide bonds. The third-order valence-corrected chi connectivity index (χ3v) is 5.60. The Bertz CT molecular complexity index is 737. The molecule has 5 nitrogen and oxygen atoms in total. The molecular formula is C16H22ClN3O2S. The molecule has 0 aliphatic carbocycles. The Balaban J connectivity index is 2.57. The number of halogens is 1. The Morgan fingerprint density at radius 1 is 1.35 bits per heavy atom. The summed E-state index contributed by atoms with van der Waals surface area (Å²) in [5.41, 5.74) is 1.05. The van der Waals surface area contributed by atoms with Crippen LogP contribution in [0.5, 0.6) is 5.88 Å². The summed E-state index contributed by atoms with van der Waals surface area (Å²) in [6, 6.07) is 1.82. The predicted molar refractivity (Wildman–Crippen MR) is 95.2 cm³/mol. The van der Waals surface area contributed by atoms with Gasteiger partial charge in [0.25, 0.3) is 0 Å². The fourth-order valence-electron chi connectivity index (χ4n) is 2.74. The highest BCUT2D eigenvalue weighted by molar-refractivity contribution is 7.84. The monoisotopic (exact) mass is 355 g/mol. The van der Waals surface area contributed by atoms with Crippen molar-refractivity contribution in [3.05, 3.63) is 29.2 Å². The number of fused-ring (bicyclic) bond motifs is 1. The Morgan fingerprint density at radius 3 is 2.61 bits per heavy atom. The molecule has 23 heavy (non-hydrogen) atoms. The van der Waals surface area contributed by atoms with Gasteiger partial charge in [0.05, 0.1) is 28.2 Å². The summed E-state index contributed by atoms with van der Waals surface area (Å²) < 4.78 is 16.6. The van der Waals surface area contributed by atoms with Gasteiger partial charge in [-0.15, -0.1) is 0 Å². The van der Waals surface area contributed by atoms with Crippen LogP contribution in [0.4, 0.5) is 0 Å².